The van der Waals surface area contributed by atoms with Crippen molar-refractivity contribution in [1.29, 1.82) is 0 Å². The molecule has 7 heteroatoms. The molecule has 0 aliphatic heterocycles. The summed E-state index contributed by atoms with van der Waals surface area (Å²) < 4.78 is 16.4. The van der Waals surface area contributed by atoms with Gasteiger partial charge < -0.3 is 19.3 Å². The molecule has 1 aliphatic rings. The third kappa shape index (κ3) is 6.31. The molecule has 1 N–H and O–H groups in total. The van der Waals surface area contributed by atoms with E-state index in [1.807, 2.05) is 34.6 Å². The molecule has 0 saturated heterocycles. The van der Waals surface area contributed by atoms with Crippen molar-refractivity contribution in [2.24, 2.45) is 23.7 Å². The molecule has 1 saturated carbocycles. The Morgan fingerprint density at radius 3 is 2.06 bits per heavy atom. The van der Waals surface area contributed by atoms with Gasteiger partial charge in [0.1, 0.15) is 11.7 Å². The summed E-state index contributed by atoms with van der Waals surface area (Å²) in [5, 5.41) is 11.1. The van der Waals surface area contributed by atoms with Crippen molar-refractivity contribution in [1.82, 2.24) is 0 Å². The predicted molar refractivity (Wildman–Crippen MR) is 119 cm³/mol. The Hall–Kier alpha value is -2.41. The standard InChI is InChI=1S/C25H36O7/c1-7-30-18-10-8-17(9-11-18)20-21(23(27)31-13-15(2)3)19(26)12-25(6,29)22(20)24(28)32-14-16(4)5/h8-11,15-16,20-22,29H,7,12-14H2,1-6H3/t20-,21-,22-,25-/m1/s1. The minimum Gasteiger partial charge on any atom is -0.494 e. The molecule has 1 aromatic rings. The Balaban J connectivity index is 2.51. The van der Waals surface area contributed by atoms with Gasteiger partial charge in [0.05, 0.1) is 31.3 Å². The lowest BCUT2D eigenvalue weighted by atomic mass is 9.61. The van der Waals surface area contributed by atoms with Gasteiger partial charge in [-0.2, -0.15) is 0 Å². The largest absolute Gasteiger partial charge is 0.494 e. The third-order valence-electron chi connectivity index (χ3n) is 5.47. The molecule has 178 valence electrons. The predicted octanol–water partition coefficient (Wildman–Crippen LogP) is 3.52. The summed E-state index contributed by atoms with van der Waals surface area (Å²) in [5.41, 5.74) is -1.09. The minimum atomic E-state index is -1.66. The summed E-state index contributed by atoms with van der Waals surface area (Å²) in [4.78, 5) is 39.2. The van der Waals surface area contributed by atoms with Gasteiger partial charge in [0.2, 0.25) is 0 Å². The van der Waals surface area contributed by atoms with Crippen LogP contribution in [-0.4, -0.2) is 48.3 Å². The van der Waals surface area contributed by atoms with Crippen molar-refractivity contribution in [3.05, 3.63) is 29.8 Å². The molecule has 0 amide bonds. The van der Waals surface area contributed by atoms with Crippen molar-refractivity contribution in [2.75, 3.05) is 19.8 Å². The molecule has 1 aromatic carbocycles. The van der Waals surface area contributed by atoms with E-state index in [1.165, 1.54) is 6.92 Å². The van der Waals surface area contributed by atoms with Crippen LogP contribution < -0.4 is 4.74 Å². The van der Waals surface area contributed by atoms with Crippen LogP contribution in [0.15, 0.2) is 24.3 Å². The highest BCUT2D eigenvalue weighted by molar-refractivity contribution is 6.02. The van der Waals surface area contributed by atoms with E-state index in [1.54, 1.807) is 24.3 Å². The molecule has 0 heterocycles. The van der Waals surface area contributed by atoms with Crippen LogP contribution in [-0.2, 0) is 23.9 Å². The molecule has 0 aromatic heterocycles. The van der Waals surface area contributed by atoms with Crippen LogP contribution in [0.2, 0.25) is 0 Å². The topological polar surface area (TPSA) is 99.1 Å². The smallest absolute Gasteiger partial charge is 0.317 e. The Morgan fingerprint density at radius 1 is 1.03 bits per heavy atom. The van der Waals surface area contributed by atoms with Gasteiger partial charge in [0.25, 0.3) is 0 Å². The quantitative estimate of drug-likeness (QED) is 0.456. The van der Waals surface area contributed by atoms with E-state index in [2.05, 4.69) is 0 Å². The average Bonchev–Trinajstić information content (AvgIpc) is 2.70. The SMILES string of the molecule is CCOc1ccc([C@@H]2[C@H](C(=O)OCC(C)C)C(=O)C[C@@](C)(O)[C@H]2C(=O)OCC(C)C)cc1. The first kappa shape index (κ1) is 25.8. The van der Waals surface area contributed by atoms with Crippen LogP contribution in [0, 0.1) is 23.7 Å². The minimum absolute atomic E-state index is 0.0940. The number of rotatable bonds is 9. The van der Waals surface area contributed by atoms with E-state index in [9.17, 15) is 19.5 Å². The molecule has 1 aliphatic carbocycles. The molecule has 0 radical (unpaired) electrons. The number of carbonyl (C=O) groups excluding carboxylic acids is 3. The number of hydrogen-bond donors (Lipinski definition) is 1. The van der Waals surface area contributed by atoms with E-state index in [-0.39, 0.29) is 31.5 Å². The first-order chi connectivity index (χ1) is 15.0. The molecule has 0 bridgehead atoms. The lowest BCUT2D eigenvalue weighted by Crippen LogP contribution is -2.55. The van der Waals surface area contributed by atoms with Crippen molar-refractivity contribution in [3.63, 3.8) is 0 Å². The summed E-state index contributed by atoms with van der Waals surface area (Å²) >= 11 is 0. The fourth-order valence-electron chi connectivity index (χ4n) is 4.05. The Kier molecular flexibility index (Phi) is 8.84. The summed E-state index contributed by atoms with van der Waals surface area (Å²) in [6.07, 6.45) is -0.330. The van der Waals surface area contributed by atoms with Gasteiger partial charge in [-0.1, -0.05) is 39.8 Å². The molecule has 1 fully saturated rings. The lowest BCUT2D eigenvalue weighted by Gasteiger charge is -2.43. The van der Waals surface area contributed by atoms with Crippen LogP contribution in [0.5, 0.6) is 5.75 Å². The molecule has 0 spiro atoms. The molecule has 7 nitrogen and oxygen atoms in total. The van der Waals surface area contributed by atoms with Crippen molar-refractivity contribution in [2.45, 2.75) is 59.5 Å². The fraction of sp³-hybridized carbons (Fsp3) is 0.640. The molecular formula is C25H36O7. The second kappa shape index (κ2) is 10.9. The van der Waals surface area contributed by atoms with E-state index in [0.29, 0.717) is 17.9 Å². The monoisotopic (exact) mass is 448 g/mol. The highest BCUT2D eigenvalue weighted by Crippen LogP contribution is 2.47. The average molecular weight is 449 g/mol. The summed E-state index contributed by atoms with van der Waals surface area (Å²) in [6.45, 7) is 11.8. The van der Waals surface area contributed by atoms with Crippen molar-refractivity contribution in [3.8, 4) is 5.75 Å². The maximum Gasteiger partial charge on any atom is 0.317 e. The van der Waals surface area contributed by atoms with Crippen LogP contribution in [0.3, 0.4) is 0 Å². The summed E-state index contributed by atoms with van der Waals surface area (Å²) in [5.74, 6) is -4.16. The molecule has 4 atom stereocenters. The highest BCUT2D eigenvalue weighted by Gasteiger charge is 2.57. The van der Waals surface area contributed by atoms with E-state index < -0.39 is 41.1 Å². The van der Waals surface area contributed by atoms with Gasteiger partial charge >= 0.3 is 11.9 Å². The number of ether oxygens (including phenoxy) is 3. The number of esters is 2. The normalized spacial score (nSPS) is 25.7. The van der Waals surface area contributed by atoms with Gasteiger partial charge in [0.15, 0.2) is 5.78 Å². The van der Waals surface area contributed by atoms with E-state index >= 15 is 0 Å². The number of benzene rings is 1. The number of carbonyl (C=O) groups is 3. The zero-order chi connectivity index (χ0) is 24.1. The van der Waals surface area contributed by atoms with Crippen LogP contribution in [0.25, 0.3) is 0 Å². The van der Waals surface area contributed by atoms with Crippen LogP contribution in [0.4, 0.5) is 0 Å². The summed E-state index contributed by atoms with van der Waals surface area (Å²) in [7, 11) is 0. The van der Waals surface area contributed by atoms with Gasteiger partial charge in [-0.05, 0) is 43.4 Å². The van der Waals surface area contributed by atoms with Crippen molar-refractivity contribution < 1.29 is 33.7 Å². The highest BCUT2D eigenvalue weighted by atomic mass is 16.5. The second-order valence-electron chi connectivity index (χ2n) is 9.53. The Bertz CT molecular complexity index is 795. The number of hydrogen-bond acceptors (Lipinski definition) is 7. The van der Waals surface area contributed by atoms with Crippen LogP contribution in [0.1, 0.15) is 59.4 Å². The van der Waals surface area contributed by atoms with Gasteiger partial charge in [0, 0.05) is 12.3 Å². The number of ketones is 1. The van der Waals surface area contributed by atoms with Gasteiger partial charge in [-0.25, -0.2) is 0 Å². The molecule has 2 rings (SSSR count). The van der Waals surface area contributed by atoms with Gasteiger partial charge in [-0.15, -0.1) is 0 Å². The van der Waals surface area contributed by atoms with E-state index in [0.717, 1.165) is 0 Å². The van der Waals surface area contributed by atoms with Crippen LogP contribution >= 0.6 is 0 Å². The zero-order valence-electron chi connectivity index (χ0n) is 19.9. The Labute approximate surface area is 190 Å². The molecular weight excluding hydrogens is 412 g/mol. The first-order valence-corrected chi connectivity index (χ1v) is 11.3. The van der Waals surface area contributed by atoms with Gasteiger partial charge in [-0.3, -0.25) is 14.4 Å². The van der Waals surface area contributed by atoms with E-state index in [4.69, 9.17) is 14.2 Å². The fourth-order valence-corrected chi connectivity index (χ4v) is 4.05. The third-order valence-corrected chi connectivity index (χ3v) is 5.47. The number of aliphatic hydroxyl groups is 1. The summed E-state index contributed by atoms with van der Waals surface area (Å²) in [6, 6.07) is 6.88. The lowest BCUT2D eigenvalue weighted by molar-refractivity contribution is -0.173. The maximum atomic E-state index is 13.1. The zero-order valence-corrected chi connectivity index (χ0v) is 19.9. The Morgan fingerprint density at radius 2 is 1.56 bits per heavy atom. The number of Topliss-reactive ketones (excluding diaryl/α,β-unsaturated/α-hetero) is 1. The van der Waals surface area contributed by atoms with Crippen molar-refractivity contribution >= 4 is 17.7 Å². The maximum absolute atomic E-state index is 13.1. The second-order valence-corrected chi connectivity index (χ2v) is 9.53. The first-order valence-electron chi connectivity index (χ1n) is 11.3. The molecule has 0 unspecified atom stereocenters. The molecule has 32 heavy (non-hydrogen) atoms.